The SMILES string of the molecule is CCC1CCCC(Oc2ccc(C(N)=NO)cc2Cl)C1. The number of amidine groups is 1. The molecule has 4 nitrogen and oxygen atoms in total. The van der Waals surface area contributed by atoms with Gasteiger partial charge in [0.05, 0.1) is 11.1 Å². The molecular weight excluding hydrogens is 276 g/mol. The number of hydrogen-bond acceptors (Lipinski definition) is 3. The van der Waals surface area contributed by atoms with Crippen LogP contribution in [-0.2, 0) is 0 Å². The van der Waals surface area contributed by atoms with Crippen molar-refractivity contribution in [3.05, 3.63) is 28.8 Å². The molecule has 0 saturated heterocycles. The average molecular weight is 297 g/mol. The van der Waals surface area contributed by atoms with Gasteiger partial charge < -0.3 is 15.7 Å². The molecule has 0 aromatic heterocycles. The van der Waals surface area contributed by atoms with E-state index in [0.29, 0.717) is 16.3 Å². The van der Waals surface area contributed by atoms with Crippen LogP contribution in [0.15, 0.2) is 23.4 Å². The summed E-state index contributed by atoms with van der Waals surface area (Å²) in [5, 5.41) is 12.1. The van der Waals surface area contributed by atoms with Crippen molar-refractivity contribution in [1.29, 1.82) is 0 Å². The Balaban J connectivity index is 2.06. The first-order valence-electron chi connectivity index (χ1n) is 7.08. The van der Waals surface area contributed by atoms with E-state index in [1.165, 1.54) is 19.3 Å². The lowest BCUT2D eigenvalue weighted by molar-refractivity contribution is 0.122. The number of benzene rings is 1. The van der Waals surface area contributed by atoms with Crippen molar-refractivity contribution < 1.29 is 9.94 Å². The molecule has 1 aliphatic carbocycles. The molecule has 2 unspecified atom stereocenters. The highest BCUT2D eigenvalue weighted by Gasteiger charge is 2.22. The van der Waals surface area contributed by atoms with Crippen LogP contribution in [0.1, 0.15) is 44.6 Å². The molecule has 110 valence electrons. The molecule has 3 N–H and O–H groups in total. The fraction of sp³-hybridized carbons (Fsp3) is 0.533. The summed E-state index contributed by atoms with van der Waals surface area (Å²) in [6, 6.07) is 5.19. The second kappa shape index (κ2) is 6.84. The Labute approximate surface area is 124 Å². The lowest BCUT2D eigenvalue weighted by atomic mass is 9.85. The zero-order valence-electron chi connectivity index (χ0n) is 11.7. The Morgan fingerprint density at radius 2 is 2.30 bits per heavy atom. The molecule has 1 aromatic carbocycles. The van der Waals surface area contributed by atoms with Crippen molar-refractivity contribution in [2.24, 2.45) is 16.8 Å². The zero-order valence-corrected chi connectivity index (χ0v) is 12.4. The van der Waals surface area contributed by atoms with E-state index in [-0.39, 0.29) is 11.9 Å². The first-order valence-corrected chi connectivity index (χ1v) is 7.46. The minimum Gasteiger partial charge on any atom is -0.489 e. The summed E-state index contributed by atoms with van der Waals surface area (Å²) in [5.41, 5.74) is 6.12. The smallest absolute Gasteiger partial charge is 0.170 e. The van der Waals surface area contributed by atoms with Crippen LogP contribution in [-0.4, -0.2) is 17.1 Å². The third-order valence-electron chi connectivity index (χ3n) is 3.94. The van der Waals surface area contributed by atoms with E-state index >= 15 is 0 Å². The number of oxime groups is 1. The number of rotatable bonds is 4. The average Bonchev–Trinajstić information content (AvgIpc) is 2.48. The van der Waals surface area contributed by atoms with Gasteiger partial charge in [-0.05, 0) is 43.4 Å². The summed E-state index contributed by atoms with van der Waals surface area (Å²) in [7, 11) is 0. The van der Waals surface area contributed by atoms with E-state index in [1.807, 2.05) is 0 Å². The summed E-state index contributed by atoms with van der Waals surface area (Å²) in [5.74, 6) is 1.47. The van der Waals surface area contributed by atoms with E-state index in [2.05, 4.69) is 12.1 Å². The van der Waals surface area contributed by atoms with Crippen molar-refractivity contribution in [2.75, 3.05) is 0 Å². The van der Waals surface area contributed by atoms with Crippen LogP contribution in [0.25, 0.3) is 0 Å². The molecule has 2 rings (SSSR count). The molecule has 0 amide bonds. The normalized spacial score (nSPS) is 23.6. The molecule has 0 bridgehead atoms. The van der Waals surface area contributed by atoms with Crippen molar-refractivity contribution >= 4 is 17.4 Å². The van der Waals surface area contributed by atoms with E-state index in [9.17, 15) is 0 Å². The van der Waals surface area contributed by atoms with E-state index in [0.717, 1.165) is 18.8 Å². The summed E-state index contributed by atoms with van der Waals surface area (Å²) in [6.07, 6.45) is 6.12. The van der Waals surface area contributed by atoms with Crippen LogP contribution in [0, 0.1) is 5.92 Å². The Bertz CT molecular complexity index is 491. The number of ether oxygens (including phenoxy) is 1. The van der Waals surface area contributed by atoms with Gasteiger partial charge in [-0.15, -0.1) is 0 Å². The lowest BCUT2D eigenvalue weighted by Crippen LogP contribution is -2.25. The van der Waals surface area contributed by atoms with Crippen molar-refractivity contribution in [1.82, 2.24) is 0 Å². The highest BCUT2D eigenvalue weighted by Crippen LogP contribution is 2.32. The first kappa shape index (κ1) is 15.0. The standard InChI is InChI=1S/C15H21ClN2O2/c1-2-10-4-3-5-12(8-10)20-14-7-6-11(9-13(14)16)15(17)18-19/h6-7,9-10,12,19H,2-5,8H2,1H3,(H2,17,18). The molecule has 20 heavy (non-hydrogen) atoms. The van der Waals surface area contributed by atoms with Crippen LogP contribution in [0.2, 0.25) is 5.02 Å². The highest BCUT2D eigenvalue weighted by atomic mass is 35.5. The van der Waals surface area contributed by atoms with Gasteiger partial charge in [-0.2, -0.15) is 0 Å². The van der Waals surface area contributed by atoms with Crippen molar-refractivity contribution in [2.45, 2.75) is 45.1 Å². The van der Waals surface area contributed by atoms with Gasteiger partial charge in [0.25, 0.3) is 0 Å². The second-order valence-corrected chi connectivity index (χ2v) is 5.72. The van der Waals surface area contributed by atoms with Crippen LogP contribution in [0.4, 0.5) is 0 Å². The van der Waals surface area contributed by atoms with Gasteiger partial charge >= 0.3 is 0 Å². The molecule has 0 spiro atoms. The number of nitrogens with zero attached hydrogens (tertiary/aromatic N) is 1. The van der Waals surface area contributed by atoms with Crippen LogP contribution < -0.4 is 10.5 Å². The fourth-order valence-electron chi connectivity index (χ4n) is 2.71. The minimum atomic E-state index is 0.0437. The molecule has 0 radical (unpaired) electrons. The van der Waals surface area contributed by atoms with Gasteiger partial charge in [-0.1, -0.05) is 36.5 Å². The Kier molecular flexibility index (Phi) is 5.12. The largest absolute Gasteiger partial charge is 0.489 e. The number of nitrogens with two attached hydrogens (primary N) is 1. The molecule has 0 aliphatic heterocycles. The topological polar surface area (TPSA) is 67.8 Å². The maximum Gasteiger partial charge on any atom is 0.170 e. The predicted octanol–water partition coefficient (Wildman–Crippen LogP) is 3.78. The quantitative estimate of drug-likeness (QED) is 0.384. The van der Waals surface area contributed by atoms with Crippen LogP contribution in [0.3, 0.4) is 0 Å². The number of hydrogen-bond donors (Lipinski definition) is 2. The van der Waals surface area contributed by atoms with Gasteiger partial charge in [0, 0.05) is 5.56 Å². The molecule has 1 fully saturated rings. The maximum absolute atomic E-state index is 8.65. The van der Waals surface area contributed by atoms with Gasteiger partial charge in [0.1, 0.15) is 5.75 Å². The van der Waals surface area contributed by atoms with Gasteiger partial charge in [0.15, 0.2) is 5.84 Å². The monoisotopic (exact) mass is 296 g/mol. The van der Waals surface area contributed by atoms with Gasteiger partial charge in [0.2, 0.25) is 0 Å². The van der Waals surface area contributed by atoms with Gasteiger partial charge in [-0.3, -0.25) is 0 Å². The van der Waals surface area contributed by atoms with Crippen molar-refractivity contribution in [3.8, 4) is 5.75 Å². The summed E-state index contributed by atoms with van der Waals surface area (Å²) in [4.78, 5) is 0. The third-order valence-corrected chi connectivity index (χ3v) is 4.24. The minimum absolute atomic E-state index is 0.0437. The molecule has 2 atom stereocenters. The van der Waals surface area contributed by atoms with Crippen LogP contribution >= 0.6 is 11.6 Å². The molecule has 5 heteroatoms. The van der Waals surface area contributed by atoms with Gasteiger partial charge in [-0.25, -0.2) is 0 Å². The molecule has 0 heterocycles. The van der Waals surface area contributed by atoms with Crippen LogP contribution in [0.5, 0.6) is 5.75 Å². The Hall–Kier alpha value is -1.42. The van der Waals surface area contributed by atoms with E-state index in [4.69, 9.17) is 27.3 Å². The summed E-state index contributed by atoms with van der Waals surface area (Å²) in [6.45, 7) is 2.23. The maximum atomic E-state index is 8.65. The van der Waals surface area contributed by atoms with Crippen molar-refractivity contribution in [3.63, 3.8) is 0 Å². The second-order valence-electron chi connectivity index (χ2n) is 5.31. The van der Waals surface area contributed by atoms with E-state index in [1.54, 1.807) is 18.2 Å². The fourth-order valence-corrected chi connectivity index (χ4v) is 2.94. The zero-order chi connectivity index (χ0) is 14.5. The Morgan fingerprint density at radius 3 is 2.95 bits per heavy atom. The molecule has 1 saturated carbocycles. The molecule has 1 aliphatic rings. The highest BCUT2D eigenvalue weighted by molar-refractivity contribution is 6.32. The van der Waals surface area contributed by atoms with E-state index < -0.39 is 0 Å². The summed E-state index contributed by atoms with van der Waals surface area (Å²) < 4.78 is 6.01. The number of halogens is 1. The Morgan fingerprint density at radius 1 is 1.50 bits per heavy atom. The first-order chi connectivity index (χ1) is 9.63. The lowest BCUT2D eigenvalue weighted by Gasteiger charge is -2.29. The molecular formula is C15H21ClN2O2. The molecule has 1 aromatic rings. The third kappa shape index (κ3) is 3.57. The summed E-state index contributed by atoms with van der Waals surface area (Å²) >= 11 is 6.20. The predicted molar refractivity (Wildman–Crippen MR) is 80.6 cm³/mol.